The summed E-state index contributed by atoms with van der Waals surface area (Å²) in [6.45, 7) is 3.92. The van der Waals surface area contributed by atoms with Gasteiger partial charge in [-0.1, -0.05) is 17.3 Å². The third-order valence-electron chi connectivity index (χ3n) is 6.21. The van der Waals surface area contributed by atoms with E-state index in [1.54, 1.807) is 6.07 Å². The highest BCUT2D eigenvalue weighted by molar-refractivity contribution is 5.91. The predicted molar refractivity (Wildman–Crippen MR) is 131 cm³/mol. The molecule has 0 bridgehead atoms. The minimum absolute atomic E-state index is 0.182. The Morgan fingerprint density at radius 1 is 1.06 bits per heavy atom. The number of hydrogen-bond donors (Lipinski definition) is 1. The number of nitrogens with zero attached hydrogens (tertiary/aromatic N) is 4. The number of piperazine rings is 1. The Kier molecular flexibility index (Phi) is 6.62. The lowest BCUT2D eigenvalue weighted by Crippen LogP contribution is -2.49. The molecule has 1 saturated heterocycles. The topological polar surface area (TPSA) is 85.8 Å². The standard InChI is InChI=1S/C27H25FN4O3/c28-21-7-10-24-25(15-21)30-35-27(24)19-5-8-23(9-6-19)34-18-22(33)17-31-11-13-32(14-12-31)26-4-2-1-3-20(26)16-29/h1-10,15,22,33H,11-14,17-18H2/t22-/m0/s1. The lowest BCUT2D eigenvalue weighted by atomic mass is 10.1. The molecule has 1 fully saturated rings. The quantitative estimate of drug-likeness (QED) is 0.434. The Hall–Kier alpha value is -3.93. The van der Waals surface area contributed by atoms with Crippen molar-refractivity contribution in [3.63, 3.8) is 0 Å². The summed E-state index contributed by atoms with van der Waals surface area (Å²) in [6.07, 6.45) is -0.624. The number of ether oxygens (including phenoxy) is 1. The summed E-state index contributed by atoms with van der Waals surface area (Å²) in [5, 5.41) is 24.5. The molecule has 0 saturated carbocycles. The fourth-order valence-electron chi connectivity index (χ4n) is 4.39. The SMILES string of the molecule is N#Cc1ccccc1N1CCN(C[C@H](O)COc2ccc(-c3onc4cc(F)ccc34)cc2)CC1. The zero-order valence-electron chi connectivity index (χ0n) is 19.1. The molecule has 0 radical (unpaired) electrons. The number of nitriles is 1. The molecule has 0 unspecified atom stereocenters. The second-order valence-corrected chi connectivity index (χ2v) is 8.58. The van der Waals surface area contributed by atoms with Crippen LogP contribution < -0.4 is 9.64 Å². The van der Waals surface area contributed by atoms with E-state index >= 15 is 0 Å². The van der Waals surface area contributed by atoms with Crippen molar-refractivity contribution in [2.45, 2.75) is 6.10 Å². The van der Waals surface area contributed by atoms with E-state index in [1.807, 2.05) is 48.5 Å². The van der Waals surface area contributed by atoms with Gasteiger partial charge in [0, 0.05) is 49.7 Å². The van der Waals surface area contributed by atoms with Gasteiger partial charge in [-0.2, -0.15) is 5.26 Å². The molecule has 1 N–H and O–H groups in total. The summed E-state index contributed by atoms with van der Waals surface area (Å²) in [6, 6.07) is 21.6. The van der Waals surface area contributed by atoms with Crippen LogP contribution in [0.5, 0.6) is 5.75 Å². The van der Waals surface area contributed by atoms with E-state index in [1.165, 1.54) is 12.1 Å². The monoisotopic (exact) mass is 472 g/mol. The number of aliphatic hydroxyl groups is 1. The van der Waals surface area contributed by atoms with Gasteiger partial charge in [0.15, 0.2) is 5.76 Å². The highest BCUT2D eigenvalue weighted by atomic mass is 19.1. The first-order valence-corrected chi connectivity index (χ1v) is 11.5. The van der Waals surface area contributed by atoms with Crippen LogP contribution in [0, 0.1) is 17.1 Å². The Labute approximate surface area is 202 Å². The summed E-state index contributed by atoms with van der Waals surface area (Å²) in [4.78, 5) is 4.42. The van der Waals surface area contributed by atoms with Gasteiger partial charge in [0.05, 0.1) is 11.3 Å². The molecular formula is C27H25FN4O3. The van der Waals surface area contributed by atoms with E-state index < -0.39 is 6.10 Å². The summed E-state index contributed by atoms with van der Waals surface area (Å²) in [5.41, 5.74) is 2.93. The zero-order valence-corrected chi connectivity index (χ0v) is 19.1. The number of para-hydroxylation sites is 1. The summed E-state index contributed by atoms with van der Waals surface area (Å²) in [7, 11) is 0. The molecule has 1 aliphatic heterocycles. The van der Waals surface area contributed by atoms with Gasteiger partial charge >= 0.3 is 0 Å². The zero-order chi connectivity index (χ0) is 24.2. The first kappa shape index (κ1) is 22.8. The van der Waals surface area contributed by atoms with Gasteiger partial charge in [0.1, 0.15) is 35.9 Å². The fraction of sp³-hybridized carbons (Fsp3) is 0.259. The molecule has 178 valence electrons. The van der Waals surface area contributed by atoms with E-state index in [-0.39, 0.29) is 12.4 Å². The van der Waals surface area contributed by atoms with Crippen LogP contribution in [0.15, 0.2) is 71.3 Å². The average molecular weight is 473 g/mol. The number of rotatable bonds is 7. The van der Waals surface area contributed by atoms with Crippen LogP contribution in [-0.4, -0.2) is 60.6 Å². The van der Waals surface area contributed by atoms with Crippen LogP contribution in [0.1, 0.15) is 5.56 Å². The lowest BCUT2D eigenvalue weighted by Gasteiger charge is -2.37. The van der Waals surface area contributed by atoms with Gasteiger partial charge in [-0.3, -0.25) is 4.90 Å². The largest absolute Gasteiger partial charge is 0.491 e. The van der Waals surface area contributed by atoms with Crippen LogP contribution in [-0.2, 0) is 0 Å². The molecule has 7 nitrogen and oxygen atoms in total. The smallest absolute Gasteiger partial charge is 0.174 e. The second-order valence-electron chi connectivity index (χ2n) is 8.58. The van der Waals surface area contributed by atoms with E-state index in [0.29, 0.717) is 29.1 Å². The number of anilines is 1. The maximum absolute atomic E-state index is 13.4. The predicted octanol–water partition coefficient (Wildman–Crippen LogP) is 4.07. The summed E-state index contributed by atoms with van der Waals surface area (Å²) >= 11 is 0. The first-order chi connectivity index (χ1) is 17.1. The van der Waals surface area contributed by atoms with Crippen molar-refractivity contribution in [2.75, 3.05) is 44.2 Å². The van der Waals surface area contributed by atoms with Crippen LogP contribution >= 0.6 is 0 Å². The molecule has 5 rings (SSSR count). The second kappa shape index (κ2) is 10.1. The molecule has 0 aliphatic carbocycles. The van der Waals surface area contributed by atoms with Gasteiger partial charge in [-0.05, 0) is 48.5 Å². The van der Waals surface area contributed by atoms with Gasteiger partial charge < -0.3 is 19.3 Å². The fourth-order valence-corrected chi connectivity index (χ4v) is 4.39. The van der Waals surface area contributed by atoms with Crippen LogP contribution in [0.4, 0.5) is 10.1 Å². The van der Waals surface area contributed by atoms with E-state index in [9.17, 15) is 14.8 Å². The number of benzene rings is 3. The third-order valence-corrected chi connectivity index (χ3v) is 6.21. The van der Waals surface area contributed by atoms with Crippen molar-refractivity contribution in [3.05, 3.63) is 78.1 Å². The number of β-amino-alcohol motifs (C(OH)–C–C–N with tert-alkyl or cyclic N) is 1. The summed E-state index contributed by atoms with van der Waals surface area (Å²) < 4.78 is 24.6. The van der Waals surface area contributed by atoms with Crippen molar-refractivity contribution in [2.24, 2.45) is 0 Å². The first-order valence-electron chi connectivity index (χ1n) is 11.5. The van der Waals surface area contributed by atoms with Gasteiger partial charge in [-0.15, -0.1) is 0 Å². The lowest BCUT2D eigenvalue weighted by molar-refractivity contribution is 0.0663. The molecule has 1 aromatic heterocycles. The maximum Gasteiger partial charge on any atom is 0.174 e. The van der Waals surface area contributed by atoms with Gasteiger partial charge in [-0.25, -0.2) is 4.39 Å². The van der Waals surface area contributed by atoms with Gasteiger partial charge in [0.25, 0.3) is 0 Å². The average Bonchev–Trinajstić information content (AvgIpc) is 3.31. The van der Waals surface area contributed by atoms with Crippen molar-refractivity contribution in [1.29, 1.82) is 5.26 Å². The van der Waals surface area contributed by atoms with Crippen molar-refractivity contribution in [3.8, 4) is 23.1 Å². The van der Waals surface area contributed by atoms with Crippen molar-refractivity contribution < 1.29 is 18.8 Å². The molecule has 2 heterocycles. The minimum Gasteiger partial charge on any atom is -0.491 e. The number of fused-ring (bicyclic) bond motifs is 1. The number of hydrogen-bond acceptors (Lipinski definition) is 7. The van der Waals surface area contributed by atoms with Crippen molar-refractivity contribution >= 4 is 16.6 Å². The Morgan fingerprint density at radius 2 is 1.83 bits per heavy atom. The number of aliphatic hydroxyl groups excluding tert-OH is 1. The Morgan fingerprint density at radius 3 is 2.60 bits per heavy atom. The summed E-state index contributed by atoms with van der Waals surface area (Å²) in [5.74, 6) is 0.856. The third kappa shape index (κ3) is 5.11. The molecule has 35 heavy (non-hydrogen) atoms. The normalized spacial score (nSPS) is 15.2. The Balaban J connectivity index is 1.11. The molecule has 4 aromatic rings. The Bertz CT molecular complexity index is 1340. The molecule has 3 aromatic carbocycles. The van der Waals surface area contributed by atoms with Crippen LogP contribution in [0.2, 0.25) is 0 Å². The molecule has 8 heteroatoms. The molecule has 1 aliphatic rings. The number of aromatic nitrogens is 1. The highest BCUT2D eigenvalue weighted by Crippen LogP contribution is 2.30. The van der Waals surface area contributed by atoms with E-state index in [0.717, 1.165) is 42.8 Å². The molecular weight excluding hydrogens is 447 g/mol. The van der Waals surface area contributed by atoms with Crippen molar-refractivity contribution in [1.82, 2.24) is 10.1 Å². The van der Waals surface area contributed by atoms with E-state index in [2.05, 4.69) is 21.0 Å². The maximum atomic E-state index is 13.4. The molecule has 0 spiro atoms. The molecule has 1 atom stereocenters. The molecule has 0 amide bonds. The highest BCUT2D eigenvalue weighted by Gasteiger charge is 2.21. The van der Waals surface area contributed by atoms with Crippen LogP contribution in [0.25, 0.3) is 22.2 Å². The number of halogens is 1. The van der Waals surface area contributed by atoms with E-state index in [4.69, 9.17) is 9.26 Å². The minimum atomic E-state index is -0.624. The van der Waals surface area contributed by atoms with Crippen LogP contribution in [0.3, 0.4) is 0 Å². The van der Waals surface area contributed by atoms with Gasteiger partial charge in [0.2, 0.25) is 0 Å².